The molecule has 2 N–H and O–H groups in total. The number of fused-ring (bicyclic) bond motifs is 3. The molecule has 0 unspecified atom stereocenters. The first-order valence-corrected chi connectivity index (χ1v) is 11.3. The molecule has 2 aromatic carbocycles. The molecule has 0 bridgehead atoms. The van der Waals surface area contributed by atoms with Crippen LogP contribution in [0.2, 0.25) is 0 Å². The van der Waals surface area contributed by atoms with Crippen LogP contribution >= 0.6 is 0 Å². The van der Waals surface area contributed by atoms with Gasteiger partial charge < -0.3 is 14.7 Å². The van der Waals surface area contributed by atoms with Gasteiger partial charge in [-0.2, -0.15) is 5.10 Å². The van der Waals surface area contributed by atoms with E-state index in [-0.39, 0.29) is 54.9 Å². The number of carboxylic acids is 1. The molecule has 2 amide bonds. The van der Waals surface area contributed by atoms with Gasteiger partial charge in [-0.05, 0) is 28.7 Å². The van der Waals surface area contributed by atoms with E-state index in [2.05, 4.69) is 22.5 Å². The Morgan fingerprint density at radius 3 is 2.34 bits per heavy atom. The Hall–Kier alpha value is -4.40. The van der Waals surface area contributed by atoms with Crippen LogP contribution < -0.4 is 5.32 Å². The second kappa shape index (κ2) is 9.09. The molecule has 9 heteroatoms. The number of nitrogens with one attached hydrogen (secondary N) is 1. The number of ether oxygens (including phenoxy) is 1. The van der Waals surface area contributed by atoms with Gasteiger partial charge in [0.25, 0.3) is 5.91 Å². The predicted octanol–water partition coefficient (Wildman–Crippen LogP) is 3.64. The van der Waals surface area contributed by atoms with Crippen molar-refractivity contribution in [1.29, 1.82) is 0 Å². The summed E-state index contributed by atoms with van der Waals surface area (Å²) >= 11 is 0. The Morgan fingerprint density at radius 2 is 1.74 bits per heavy atom. The summed E-state index contributed by atoms with van der Waals surface area (Å²) < 4.78 is 7.00. The Bertz CT molecular complexity index is 1310. The molecule has 0 radical (unpaired) electrons. The number of carbonyl (C=O) groups excluding carboxylic acids is 2. The van der Waals surface area contributed by atoms with Gasteiger partial charge in [0.15, 0.2) is 0 Å². The minimum atomic E-state index is -0.976. The number of aliphatic carboxylic acids is 1. The highest BCUT2D eigenvalue weighted by Gasteiger charge is 2.30. The second-order valence-electron chi connectivity index (χ2n) is 8.52. The number of benzene rings is 2. The fraction of sp³-hybridized carbons (Fsp3) is 0.231. The van der Waals surface area contributed by atoms with Gasteiger partial charge in [-0.3, -0.25) is 14.8 Å². The van der Waals surface area contributed by atoms with E-state index < -0.39 is 12.1 Å². The molecule has 0 saturated carbocycles. The number of carboxylic acid groups (broad SMARTS) is 1. The molecular weight excluding hydrogens is 448 g/mol. The van der Waals surface area contributed by atoms with E-state index in [1.165, 1.54) is 21.9 Å². The SMILES string of the molecule is Cn1ncc(C(=O)N2CC=C(C(=O)O)CC2)c1NC(=O)OCC1c2ccccc2-c2ccccc21. The van der Waals surface area contributed by atoms with Crippen molar-refractivity contribution in [3.63, 3.8) is 0 Å². The van der Waals surface area contributed by atoms with E-state index in [0.717, 1.165) is 22.3 Å². The lowest BCUT2D eigenvalue weighted by Crippen LogP contribution is -2.36. The van der Waals surface area contributed by atoms with Crippen LogP contribution in [0.15, 0.2) is 66.4 Å². The largest absolute Gasteiger partial charge is 0.478 e. The molecule has 9 nitrogen and oxygen atoms in total. The number of carbonyl (C=O) groups is 3. The molecule has 0 atom stereocenters. The zero-order valence-corrected chi connectivity index (χ0v) is 19.1. The summed E-state index contributed by atoms with van der Waals surface area (Å²) in [4.78, 5) is 38.4. The molecule has 2 heterocycles. The quantitative estimate of drug-likeness (QED) is 0.586. The van der Waals surface area contributed by atoms with Crippen molar-refractivity contribution in [2.24, 2.45) is 7.05 Å². The van der Waals surface area contributed by atoms with Crippen molar-refractivity contribution in [2.75, 3.05) is 25.0 Å². The van der Waals surface area contributed by atoms with Gasteiger partial charge in [0.05, 0.1) is 6.20 Å². The summed E-state index contributed by atoms with van der Waals surface area (Å²) in [7, 11) is 1.62. The number of aromatic nitrogens is 2. The molecule has 0 spiro atoms. The van der Waals surface area contributed by atoms with E-state index in [1.807, 2.05) is 36.4 Å². The van der Waals surface area contributed by atoms with Crippen molar-refractivity contribution in [2.45, 2.75) is 12.3 Å². The van der Waals surface area contributed by atoms with Gasteiger partial charge in [-0.25, -0.2) is 9.59 Å². The monoisotopic (exact) mass is 472 g/mol. The smallest absolute Gasteiger partial charge is 0.412 e. The first kappa shape index (κ1) is 22.4. The van der Waals surface area contributed by atoms with Crippen LogP contribution in [0.25, 0.3) is 11.1 Å². The topological polar surface area (TPSA) is 114 Å². The lowest BCUT2D eigenvalue weighted by Gasteiger charge is -2.25. The zero-order chi connectivity index (χ0) is 24.5. The Labute approximate surface area is 201 Å². The summed E-state index contributed by atoms with van der Waals surface area (Å²) in [5.41, 5.74) is 5.00. The predicted molar refractivity (Wildman–Crippen MR) is 128 cm³/mol. The average molecular weight is 473 g/mol. The normalized spacial score (nSPS) is 14.7. The third kappa shape index (κ3) is 4.16. The van der Waals surface area contributed by atoms with Crippen molar-refractivity contribution < 1.29 is 24.2 Å². The minimum absolute atomic E-state index is 0.0793. The van der Waals surface area contributed by atoms with Crippen LogP contribution in [-0.4, -0.2) is 57.5 Å². The minimum Gasteiger partial charge on any atom is -0.478 e. The van der Waals surface area contributed by atoms with Crippen molar-refractivity contribution in [3.05, 3.63) is 83.1 Å². The number of hydrogen-bond donors (Lipinski definition) is 2. The number of rotatable bonds is 5. The van der Waals surface area contributed by atoms with Gasteiger partial charge >= 0.3 is 12.1 Å². The Morgan fingerprint density at radius 1 is 1.09 bits per heavy atom. The molecule has 2 aliphatic rings. The van der Waals surface area contributed by atoms with Crippen LogP contribution in [0.5, 0.6) is 0 Å². The third-order valence-electron chi connectivity index (χ3n) is 6.50. The number of anilines is 1. The number of nitrogens with zero attached hydrogens (tertiary/aromatic N) is 3. The van der Waals surface area contributed by atoms with E-state index in [4.69, 9.17) is 9.84 Å². The first-order chi connectivity index (χ1) is 16.9. The van der Waals surface area contributed by atoms with Gasteiger partial charge in [-0.15, -0.1) is 0 Å². The van der Waals surface area contributed by atoms with Crippen molar-refractivity contribution in [3.8, 4) is 11.1 Å². The third-order valence-corrected chi connectivity index (χ3v) is 6.50. The Kier molecular flexibility index (Phi) is 5.82. The highest BCUT2D eigenvalue weighted by molar-refractivity contribution is 6.02. The summed E-state index contributed by atoms with van der Waals surface area (Å²) in [6.07, 6.45) is 2.49. The summed E-state index contributed by atoms with van der Waals surface area (Å²) in [5, 5.41) is 15.9. The van der Waals surface area contributed by atoms with Crippen LogP contribution in [0, 0.1) is 0 Å². The maximum absolute atomic E-state index is 13.0. The molecule has 3 aromatic rings. The standard InChI is InChI=1S/C26H24N4O5/c1-29-23(21(14-27-29)24(31)30-12-10-16(11-13-30)25(32)33)28-26(34)35-15-22-19-8-4-2-6-17(19)18-7-3-5-9-20(18)22/h2-10,14,22H,11-13,15H2,1H3,(H,28,34)(H,32,33). The average Bonchev–Trinajstić information content (AvgIpc) is 3.40. The van der Waals surface area contributed by atoms with E-state index >= 15 is 0 Å². The highest BCUT2D eigenvalue weighted by Crippen LogP contribution is 2.44. The number of amides is 2. The molecule has 178 valence electrons. The van der Waals surface area contributed by atoms with Gasteiger partial charge in [0, 0.05) is 31.6 Å². The summed E-state index contributed by atoms with van der Waals surface area (Å²) in [6, 6.07) is 16.2. The van der Waals surface area contributed by atoms with E-state index in [0.29, 0.717) is 0 Å². The summed E-state index contributed by atoms with van der Waals surface area (Å²) in [6.45, 7) is 0.603. The van der Waals surface area contributed by atoms with Gasteiger partial charge in [-0.1, -0.05) is 54.6 Å². The van der Waals surface area contributed by atoms with Gasteiger partial charge in [0.1, 0.15) is 18.0 Å². The van der Waals surface area contributed by atoms with E-state index in [1.54, 1.807) is 7.05 Å². The van der Waals surface area contributed by atoms with E-state index in [9.17, 15) is 14.4 Å². The molecule has 5 rings (SSSR count). The zero-order valence-electron chi connectivity index (χ0n) is 19.1. The molecule has 0 fully saturated rings. The maximum atomic E-state index is 13.0. The lowest BCUT2D eigenvalue weighted by atomic mass is 9.98. The van der Waals surface area contributed by atoms with Gasteiger partial charge in [0.2, 0.25) is 0 Å². The number of aryl methyl sites for hydroxylation is 1. The summed E-state index contributed by atoms with van der Waals surface area (Å²) in [5.74, 6) is -1.17. The molecular formula is C26H24N4O5. The van der Waals surface area contributed by atoms with Crippen LogP contribution in [0.1, 0.15) is 33.8 Å². The molecule has 35 heavy (non-hydrogen) atoms. The van der Waals surface area contributed by atoms with Crippen molar-refractivity contribution in [1.82, 2.24) is 14.7 Å². The maximum Gasteiger partial charge on any atom is 0.412 e. The lowest BCUT2D eigenvalue weighted by molar-refractivity contribution is -0.133. The fourth-order valence-electron chi connectivity index (χ4n) is 4.69. The molecule has 1 aliphatic heterocycles. The van der Waals surface area contributed by atoms with Crippen LogP contribution in [0.3, 0.4) is 0 Å². The first-order valence-electron chi connectivity index (χ1n) is 11.3. The molecule has 1 aromatic heterocycles. The molecule has 1 aliphatic carbocycles. The van der Waals surface area contributed by atoms with Crippen LogP contribution in [-0.2, 0) is 16.6 Å². The second-order valence-corrected chi connectivity index (χ2v) is 8.52. The van der Waals surface area contributed by atoms with Crippen LogP contribution in [0.4, 0.5) is 10.6 Å². The Balaban J connectivity index is 1.28. The highest BCUT2D eigenvalue weighted by atomic mass is 16.5. The number of hydrogen-bond acceptors (Lipinski definition) is 5. The fourth-order valence-corrected chi connectivity index (χ4v) is 4.69. The van der Waals surface area contributed by atoms with Crippen molar-refractivity contribution >= 4 is 23.8 Å². The molecule has 0 saturated heterocycles.